The minimum atomic E-state index is -0.273. The summed E-state index contributed by atoms with van der Waals surface area (Å²) in [6, 6.07) is 5.13. The molecule has 1 N–H and O–H groups in total. The van der Waals surface area contributed by atoms with Crippen LogP contribution in [0.3, 0.4) is 0 Å². The Morgan fingerprint density at radius 2 is 2.23 bits per heavy atom. The Morgan fingerprint density at radius 3 is 3.00 bits per heavy atom. The highest BCUT2D eigenvalue weighted by Gasteiger charge is 2.11. The zero-order chi connectivity index (χ0) is 15.5. The van der Waals surface area contributed by atoms with Gasteiger partial charge in [0.2, 0.25) is 5.91 Å². The molecule has 0 aliphatic rings. The lowest BCUT2D eigenvalue weighted by Crippen LogP contribution is -2.19. The fourth-order valence-corrected chi connectivity index (χ4v) is 2.82. The van der Waals surface area contributed by atoms with E-state index < -0.39 is 0 Å². The van der Waals surface area contributed by atoms with Gasteiger partial charge in [-0.3, -0.25) is 4.79 Å². The Bertz CT molecular complexity index is 804. The smallest absolute Gasteiger partial charge is 0.248 e. The maximum atomic E-state index is 11.8. The molecule has 3 aromatic rings. The highest BCUT2D eigenvalue weighted by Crippen LogP contribution is 2.32. The third-order valence-corrected chi connectivity index (χ3v) is 3.97. The highest BCUT2D eigenvalue weighted by molar-refractivity contribution is 7.14. The molecule has 0 fully saturated rings. The summed E-state index contributed by atoms with van der Waals surface area (Å²) in [5.74, 6) is -0.273. The number of carbonyl (C=O) groups is 1. The normalized spacial score (nSPS) is 10.6. The molecule has 1 amide bonds. The molecule has 7 nitrogen and oxygen atoms in total. The van der Waals surface area contributed by atoms with Gasteiger partial charge in [0.05, 0.1) is 10.7 Å². The van der Waals surface area contributed by atoms with Crippen LogP contribution in [0.5, 0.6) is 0 Å². The monoisotopic (exact) mass is 354 g/mol. The van der Waals surface area contributed by atoms with Crippen LogP contribution in [0.2, 0.25) is 10.0 Å². The van der Waals surface area contributed by atoms with E-state index in [9.17, 15) is 4.79 Å². The van der Waals surface area contributed by atoms with E-state index in [2.05, 4.69) is 25.8 Å². The fraction of sp³-hybridized carbons (Fsp3) is 0.0833. The van der Waals surface area contributed by atoms with Crippen molar-refractivity contribution in [2.45, 2.75) is 6.54 Å². The number of carbonyl (C=O) groups excluding carboxylic acids is 1. The van der Waals surface area contributed by atoms with Crippen LogP contribution >= 0.6 is 34.5 Å². The second-order valence-corrected chi connectivity index (χ2v) is 5.92. The minimum absolute atomic E-state index is 0.0137. The Morgan fingerprint density at radius 1 is 1.36 bits per heavy atom. The van der Waals surface area contributed by atoms with Gasteiger partial charge >= 0.3 is 0 Å². The van der Waals surface area contributed by atoms with Gasteiger partial charge in [-0.05, 0) is 28.6 Å². The van der Waals surface area contributed by atoms with Crippen LogP contribution in [0.1, 0.15) is 0 Å². The van der Waals surface area contributed by atoms with Crippen molar-refractivity contribution in [3.63, 3.8) is 0 Å². The summed E-state index contributed by atoms with van der Waals surface area (Å²) in [6.45, 7) is 0.0137. The van der Waals surface area contributed by atoms with Crippen LogP contribution in [-0.4, -0.2) is 31.1 Å². The molecule has 112 valence electrons. The van der Waals surface area contributed by atoms with Crippen molar-refractivity contribution < 1.29 is 4.79 Å². The van der Waals surface area contributed by atoms with Crippen molar-refractivity contribution >= 4 is 45.6 Å². The van der Waals surface area contributed by atoms with Crippen LogP contribution in [-0.2, 0) is 11.3 Å². The number of aromatic nitrogens is 5. The van der Waals surface area contributed by atoms with Crippen molar-refractivity contribution in [1.82, 2.24) is 25.2 Å². The Kier molecular flexibility index (Phi) is 4.32. The molecule has 22 heavy (non-hydrogen) atoms. The van der Waals surface area contributed by atoms with Gasteiger partial charge in [0.1, 0.15) is 12.9 Å². The number of tetrazole rings is 1. The third kappa shape index (κ3) is 3.41. The van der Waals surface area contributed by atoms with Crippen LogP contribution in [0.15, 0.2) is 29.9 Å². The van der Waals surface area contributed by atoms with Gasteiger partial charge in [0, 0.05) is 16.0 Å². The Labute approximate surface area is 138 Å². The number of nitrogens with zero attached hydrogens (tertiary/aromatic N) is 5. The summed E-state index contributed by atoms with van der Waals surface area (Å²) in [5.41, 5.74) is 1.36. The van der Waals surface area contributed by atoms with Crippen molar-refractivity contribution in [2.75, 3.05) is 5.32 Å². The summed E-state index contributed by atoms with van der Waals surface area (Å²) >= 11 is 13.4. The first kappa shape index (κ1) is 14.9. The van der Waals surface area contributed by atoms with E-state index in [-0.39, 0.29) is 12.5 Å². The number of nitrogens with one attached hydrogen (secondary N) is 1. The first-order valence-corrected chi connectivity index (χ1v) is 7.67. The largest absolute Gasteiger partial charge is 0.300 e. The summed E-state index contributed by atoms with van der Waals surface area (Å²) in [5, 5.41) is 16.6. The quantitative estimate of drug-likeness (QED) is 0.778. The molecule has 3 rings (SSSR count). The molecular weight excluding hydrogens is 347 g/mol. The molecule has 0 atom stereocenters. The maximum Gasteiger partial charge on any atom is 0.248 e. The van der Waals surface area contributed by atoms with Crippen molar-refractivity contribution in [2.24, 2.45) is 0 Å². The second kappa shape index (κ2) is 6.39. The van der Waals surface area contributed by atoms with Crippen LogP contribution in [0.25, 0.3) is 11.3 Å². The summed E-state index contributed by atoms with van der Waals surface area (Å²) < 4.78 is 1.32. The number of amides is 1. The fourth-order valence-electron chi connectivity index (χ4n) is 1.71. The van der Waals surface area contributed by atoms with E-state index in [1.165, 1.54) is 22.3 Å². The zero-order valence-electron chi connectivity index (χ0n) is 10.9. The predicted octanol–water partition coefficient (Wildman–Crippen LogP) is 2.74. The molecular formula is C12H8Cl2N6OS. The molecule has 0 spiro atoms. The number of halogens is 2. The topological polar surface area (TPSA) is 85.6 Å². The summed E-state index contributed by atoms with van der Waals surface area (Å²) in [6.07, 6.45) is 1.36. The van der Waals surface area contributed by atoms with Gasteiger partial charge in [0.25, 0.3) is 0 Å². The molecule has 0 unspecified atom stereocenters. The van der Waals surface area contributed by atoms with E-state index in [4.69, 9.17) is 23.2 Å². The number of hydrogen-bond acceptors (Lipinski definition) is 6. The van der Waals surface area contributed by atoms with Crippen molar-refractivity contribution in [3.8, 4) is 11.3 Å². The van der Waals surface area contributed by atoms with Crippen LogP contribution in [0, 0.1) is 0 Å². The first-order chi connectivity index (χ1) is 10.6. The number of rotatable bonds is 4. The van der Waals surface area contributed by atoms with Gasteiger partial charge in [0.15, 0.2) is 5.13 Å². The number of anilines is 1. The molecule has 10 heteroatoms. The number of benzene rings is 1. The van der Waals surface area contributed by atoms with Crippen molar-refractivity contribution in [3.05, 3.63) is 40.0 Å². The minimum Gasteiger partial charge on any atom is -0.300 e. The third-order valence-electron chi connectivity index (χ3n) is 2.65. The average Bonchev–Trinajstić information content (AvgIpc) is 3.13. The average molecular weight is 355 g/mol. The molecule has 2 heterocycles. The lowest BCUT2D eigenvalue weighted by molar-refractivity contribution is -0.116. The van der Waals surface area contributed by atoms with Gasteiger partial charge in [-0.2, -0.15) is 0 Å². The predicted molar refractivity (Wildman–Crippen MR) is 84.0 cm³/mol. The number of thiazole rings is 1. The molecule has 0 aliphatic carbocycles. The lowest BCUT2D eigenvalue weighted by atomic mass is 10.2. The van der Waals surface area contributed by atoms with E-state index >= 15 is 0 Å². The Hall–Kier alpha value is -2.03. The van der Waals surface area contributed by atoms with Gasteiger partial charge < -0.3 is 5.32 Å². The second-order valence-electron chi connectivity index (χ2n) is 4.22. The highest BCUT2D eigenvalue weighted by atomic mass is 35.5. The molecule has 0 radical (unpaired) electrons. The summed E-state index contributed by atoms with van der Waals surface area (Å²) in [7, 11) is 0. The zero-order valence-corrected chi connectivity index (χ0v) is 13.2. The summed E-state index contributed by atoms with van der Waals surface area (Å²) in [4.78, 5) is 16.2. The van der Waals surface area contributed by atoms with E-state index in [1.54, 1.807) is 23.6 Å². The van der Waals surface area contributed by atoms with E-state index in [1.807, 2.05) is 0 Å². The SMILES string of the molecule is O=C(Cn1cnnn1)Nc1nc(-c2cc(Cl)ccc2Cl)cs1. The molecule has 2 aromatic heterocycles. The molecule has 1 aromatic carbocycles. The molecule has 0 saturated carbocycles. The Balaban J connectivity index is 1.73. The molecule has 0 saturated heterocycles. The lowest BCUT2D eigenvalue weighted by Gasteiger charge is -2.02. The van der Waals surface area contributed by atoms with Gasteiger partial charge in [-0.15, -0.1) is 16.4 Å². The van der Waals surface area contributed by atoms with Gasteiger partial charge in [-0.1, -0.05) is 23.2 Å². The van der Waals surface area contributed by atoms with Crippen molar-refractivity contribution in [1.29, 1.82) is 0 Å². The van der Waals surface area contributed by atoms with Gasteiger partial charge in [-0.25, -0.2) is 9.67 Å². The number of hydrogen-bond donors (Lipinski definition) is 1. The van der Waals surface area contributed by atoms with E-state index in [0.29, 0.717) is 26.4 Å². The first-order valence-electron chi connectivity index (χ1n) is 6.03. The molecule has 0 bridgehead atoms. The standard InChI is InChI=1S/C12H8Cl2N6OS/c13-7-1-2-9(14)8(3-7)10-5-22-12(16-10)17-11(21)4-20-6-15-18-19-20/h1-3,5-6H,4H2,(H,16,17,21). The maximum absolute atomic E-state index is 11.8. The van der Waals surface area contributed by atoms with Crippen LogP contribution < -0.4 is 5.32 Å². The van der Waals surface area contributed by atoms with E-state index in [0.717, 1.165) is 0 Å². The molecule has 0 aliphatic heterocycles. The van der Waals surface area contributed by atoms with Crippen LogP contribution in [0.4, 0.5) is 5.13 Å².